The zero-order valence-corrected chi connectivity index (χ0v) is 10.0. The standard InChI is InChI=1S/C13H15N5/c1-3-12(18-10-7-16-13(18)4-1)15-5-2-8-17-9-6-14-11-17/h1,3-4,6-7,9-11,15H,2,5,8H2. The Labute approximate surface area is 105 Å². The van der Waals surface area contributed by atoms with E-state index in [0.717, 1.165) is 31.0 Å². The molecule has 3 rings (SSSR count). The minimum atomic E-state index is 0.926. The molecule has 5 nitrogen and oxygen atoms in total. The van der Waals surface area contributed by atoms with E-state index in [1.807, 2.05) is 37.1 Å². The number of rotatable bonds is 5. The van der Waals surface area contributed by atoms with Crippen molar-refractivity contribution in [3.8, 4) is 0 Å². The predicted octanol–water partition coefficient (Wildman–Crippen LogP) is 2.03. The van der Waals surface area contributed by atoms with Crippen molar-refractivity contribution in [2.24, 2.45) is 0 Å². The number of imidazole rings is 2. The first-order chi connectivity index (χ1) is 8.93. The number of nitrogens with zero attached hydrogens (tertiary/aromatic N) is 4. The third-order valence-electron chi connectivity index (χ3n) is 2.89. The first-order valence-corrected chi connectivity index (χ1v) is 6.05. The van der Waals surface area contributed by atoms with E-state index in [2.05, 4.69) is 30.3 Å². The monoisotopic (exact) mass is 241 g/mol. The van der Waals surface area contributed by atoms with Crippen molar-refractivity contribution < 1.29 is 0 Å². The zero-order chi connectivity index (χ0) is 12.2. The molecule has 0 bridgehead atoms. The van der Waals surface area contributed by atoms with Crippen LogP contribution in [0.5, 0.6) is 0 Å². The van der Waals surface area contributed by atoms with Gasteiger partial charge in [-0.2, -0.15) is 0 Å². The van der Waals surface area contributed by atoms with E-state index in [-0.39, 0.29) is 0 Å². The minimum Gasteiger partial charge on any atom is -0.371 e. The van der Waals surface area contributed by atoms with Gasteiger partial charge in [-0.05, 0) is 18.6 Å². The number of pyridine rings is 1. The molecule has 0 atom stereocenters. The van der Waals surface area contributed by atoms with Crippen molar-refractivity contribution in [3.63, 3.8) is 0 Å². The Bertz CT molecular complexity index is 611. The second-order valence-electron chi connectivity index (χ2n) is 4.15. The number of nitrogens with one attached hydrogen (secondary N) is 1. The third-order valence-corrected chi connectivity index (χ3v) is 2.89. The molecular weight excluding hydrogens is 226 g/mol. The number of fused-ring (bicyclic) bond motifs is 1. The summed E-state index contributed by atoms with van der Waals surface area (Å²) in [4.78, 5) is 8.28. The Hall–Kier alpha value is -2.30. The quantitative estimate of drug-likeness (QED) is 0.695. The first-order valence-electron chi connectivity index (χ1n) is 6.05. The molecule has 3 aromatic heterocycles. The lowest BCUT2D eigenvalue weighted by atomic mass is 10.4. The van der Waals surface area contributed by atoms with E-state index in [9.17, 15) is 0 Å². The summed E-state index contributed by atoms with van der Waals surface area (Å²) in [5.74, 6) is 1.08. The summed E-state index contributed by atoms with van der Waals surface area (Å²) in [6, 6.07) is 6.07. The normalized spacial score (nSPS) is 10.9. The van der Waals surface area contributed by atoms with Gasteiger partial charge in [0.2, 0.25) is 0 Å². The van der Waals surface area contributed by atoms with Crippen LogP contribution < -0.4 is 5.32 Å². The molecule has 3 heterocycles. The lowest BCUT2D eigenvalue weighted by molar-refractivity contribution is 0.660. The highest BCUT2D eigenvalue weighted by molar-refractivity contribution is 5.49. The van der Waals surface area contributed by atoms with Crippen LogP contribution in [-0.2, 0) is 6.54 Å². The molecule has 0 aliphatic carbocycles. The third kappa shape index (κ3) is 2.20. The van der Waals surface area contributed by atoms with Gasteiger partial charge in [-0.3, -0.25) is 4.40 Å². The molecule has 0 aromatic carbocycles. The summed E-state index contributed by atoms with van der Waals surface area (Å²) in [6.45, 7) is 1.91. The highest BCUT2D eigenvalue weighted by Crippen LogP contribution is 2.10. The van der Waals surface area contributed by atoms with Gasteiger partial charge in [0.1, 0.15) is 11.5 Å². The molecule has 0 unspecified atom stereocenters. The molecule has 5 heteroatoms. The van der Waals surface area contributed by atoms with Crippen molar-refractivity contribution in [1.29, 1.82) is 0 Å². The lowest BCUT2D eigenvalue weighted by Gasteiger charge is -2.08. The second kappa shape index (κ2) is 4.91. The molecular formula is C13H15N5. The van der Waals surface area contributed by atoms with Crippen LogP contribution in [-0.4, -0.2) is 25.5 Å². The Kier molecular flexibility index (Phi) is 2.96. The molecule has 18 heavy (non-hydrogen) atoms. The average Bonchev–Trinajstić information content (AvgIpc) is 3.05. The Morgan fingerprint density at radius 3 is 3.06 bits per heavy atom. The number of aromatic nitrogens is 4. The Morgan fingerprint density at radius 1 is 1.17 bits per heavy atom. The van der Waals surface area contributed by atoms with Crippen LogP contribution in [0, 0.1) is 0 Å². The van der Waals surface area contributed by atoms with Gasteiger partial charge in [-0.1, -0.05) is 6.07 Å². The molecule has 0 saturated carbocycles. The Balaban J connectivity index is 1.58. The number of hydrogen-bond acceptors (Lipinski definition) is 3. The van der Waals surface area contributed by atoms with Gasteiger partial charge in [0, 0.05) is 37.9 Å². The highest BCUT2D eigenvalue weighted by atomic mass is 15.1. The van der Waals surface area contributed by atoms with Crippen molar-refractivity contribution in [2.75, 3.05) is 11.9 Å². The minimum absolute atomic E-state index is 0.926. The van der Waals surface area contributed by atoms with Gasteiger partial charge < -0.3 is 9.88 Å². The zero-order valence-electron chi connectivity index (χ0n) is 10.0. The van der Waals surface area contributed by atoms with Crippen LogP contribution in [0.3, 0.4) is 0 Å². The summed E-state index contributed by atoms with van der Waals surface area (Å²) < 4.78 is 4.14. The molecule has 0 aliphatic rings. The van der Waals surface area contributed by atoms with Gasteiger partial charge in [-0.15, -0.1) is 0 Å². The van der Waals surface area contributed by atoms with Gasteiger partial charge >= 0.3 is 0 Å². The van der Waals surface area contributed by atoms with Crippen molar-refractivity contribution in [2.45, 2.75) is 13.0 Å². The van der Waals surface area contributed by atoms with Crippen LogP contribution in [0.25, 0.3) is 5.65 Å². The summed E-state index contributed by atoms with van der Waals surface area (Å²) >= 11 is 0. The molecule has 0 saturated heterocycles. The SMILES string of the molecule is c1cc(NCCCn2ccnc2)n2ccnc2c1. The maximum absolute atomic E-state index is 4.26. The number of anilines is 1. The fourth-order valence-corrected chi connectivity index (χ4v) is 1.99. The first kappa shape index (κ1) is 10.8. The molecule has 0 spiro atoms. The fourth-order valence-electron chi connectivity index (χ4n) is 1.99. The molecule has 0 fully saturated rings. The molecule has 0 amide bonds. The van der Waals surface area contributed by atoms with Crippen LogP contribution in [0.1, 0.15) is 6.42 Å². The van der Waals surface area contributed by atoms with Crippen molar-refractivity contribution >= 4 is 11.5 Å². The van der Waals surface area contributed by atoms with Crippen LogP contribution in [0.15, 0.2) is 49.3 Å². The van der Waals surface area contributed by atoms with Crippen LogP contribution in [0.4, 0.5) is 5.82 Å². The number of hydrogen-bond donors (Lipinski definition) is 1. The molecule has 1 N–H and O–H groups in total. The van der Waals surface area contributed by atoms with Gasteiger partial charge in [0.25, 0.3) is 0 Å². The maximum atomic E-state index is 4.26. The van der Waals surface area contributed by atoms with E-state index in [0.29, 0.717) is 0 Å². The smallest absolute Gasteiger partial charge is 0.138 e. The summed E-state index contributed by atoms with van der Waals surface area (Å²) in [5, 5.41) is 3.43. The maximum Gasteiger partial charge on any atom is 0.138 e. The van der Waals surface area contributed by atoms with Crippen molar-refractivity contribution in [3.05, 3.63) is 49.3 Å². The highest BCUT2D eigenvalue weighted by Gasteiger charge is 1.99. The van der Waals surface area contributed by atoms with E-state index >= 15 is 0 Å². The van der Waals surface area contributed by atoms with Crippen molar-refractivity contribution in [1.82, 2.24) is 18.9 Å². The fraction of sp³-hybridized carbons (Fsp3) is 0.231. The molecule has 3 aromatic rings. The van der Waals surface area contributed by atoms with Crippen LogP contribution in [0.2, 0.25) is 0 Å². The summed E-state index contributed by atoms with van der Waals surface area (Å²) in [6.07, 6.45) is 10.5. The number of aryl methyl sites for hydroxylation is 1. The van der Waals surface area contributed by atoms with Gasteiger partial charge in [0.05, 0.1) is 6.33 Å². The molecule has 92 valence electrons. The van der Waals surface area contributed by atoms with E-state index < -0.39 is 0 Å². The summed E-state index contributed by atoms with van der Waals surface area (Å²) in [5.41, 5.74) is 0.967. The largest absolute Gasteiger partial charge is 0.371 e. The van der Waals surface area contributed by atoms with E-state index in [1.54, 1.807) is 6.20 Å². The van der Waals surface area contributed by atoms with E-state index in [4.69, 9.17) is 0 Å². The lowest BCUT2D eigenvalue weighted by Crippen LogP contribution is -2.08. The van der Waals surface area contributed by atoms with Gasteiger partial charge in [0.15, 0.2) is 0 Å². The second-order valence-corrected chi connectivity index (χ2v) is 4.15. The summed E-state index contributed by atoms with van der Waals surface area (Å²) in [7, 11) is 0. The van der Waals surface area contributed by atoms with Gasteiger partial charge in [-0.25, -0.2) is 9.97 Å². The topological polar surface area (TPSA) is 47.2 Å². The molecule has 0 aliphatic heterocycles. The molecule has 0 radical (unpaired) electrons. The predicted molar refractivity (Wildman–Crippen MR) is 70.5 cm³/mol. The Morgan fingerprint density at radius 2 is 2.17 bits per heavy atom. The average molecular weight is 241 g/mol. The van der Waals surface area contributed by atoms with Crippen LogP contribution >= 0.6 is 0 Å². The van der Waals surface area contributed by atoms with E-state index in [1.165, 1.54) is 0 Å².